The van der Waals surface area contributed by atoms with Crippen LogP contribution in [-0.4, -0.2) is 46.1 Å². The smallest absolute Gasteiger partial charge is 0.220 e. The molecule has 0 aromatic rings. The second kappa shape index (κ2) is 55.2. The molecule has 0 heterocycles. The number of amides is 1. The van der Waals surface area contributed by atoms with Crippen molar-refractivity contribution >= 4 is 5.91 Å². The molecule has 0 saturated heterocycles. The molecule has 384 valence electrons. The Morgan fingerprint density at radius 3 is 0.985 bits per heavy atom. The van der Waals surface area contributed by atoms with Gasteiger partial charge in [0.05, 0.1) is 18.8 Å². The van der Waals surface area contributed by atoms with Crippen LogP contribution < -0.4 is 5.32 Å². The van der Waals surface area contributed by atoms with Gasteiger partial charge in [-0.25, -0.2) is 0 Å². The first-order valence-corrected chi connectivity index (χ1v) is 29.3. The first-order valence-electron chi connectivity index (χ1n) is 29.3. The Morgan fingerprint density at radius 2 is 0.662 bits per heavy atom. The molecule has 0 rings (SSSR count). The van der Waals surface area contributed by atoms with Gasteiger partial charge in [0, 0.05) is 6.42 Å². The average molecular weight is 915 g/mol. The number of unbranched alkanes of at least 4 members (excludes halogenated alkanes) is 40. The highest BCUT2D eigenvalue weighted by molar-refractivity contribution is 5.76. The number of aliphatic hydroxyl groups is 3. The first kappa shape index (κ1) is 63.6. The number of carbonyl (C=O) groups is 1. The summed E-state index contributed by atoms with van der Waals surface area (Å²) in [6, 6.07) is -0.826. The minimum atomic E-state index is -1.16. The maximum atomic E-state index is 12.5. The lowest BCUT2D eigenvalue weighted by atomic mass is 10.0. The summed E-state index contributed by atoms with van der Waals surface area (Å²) in [5.41, 5.74) is 0. The van der Waals surface area contributed by atoms with Gasteiger partial charge in [-0.3, -0.25) is 4.79 Å². The van der Waals surface area contributed by atoms with Gasteiger partial charge in [0.1, 0.15) is 6.10 Å². The second-order valence-corrected chi connectivity index (χ2v) is 20.2. The minimum Gasteiger partial charge on any atom is -0.394 e. The summed E-state index contributed by atoms with van der Waals surface area (Å²) in [6.45, 7) is 4.20. The topological polar surface area (TPSA) is 89.8 Å². The third-order valence-electron chi connectivity index (χ3n) is 13.7. The van der Waals surface area contributed by atoms with Gasteiger partial charge in [0.2, 0.25) is 5.91 Å². The molecule has 1 amide bonds. The number of hydrogen-bond donors (Lipinski definition) is 4. The van der Waals surface area contributed by atoms with E-state index >= 15 is 0 Å². The Bertz CT molecular complexity index is 1010. The zero-order chi connectivity index (χ0) is 47.2. The highest BCUT2D eigenvalue weighted by Gasteiger charge is 2.26. The molecule has 3 atom stereocenters. The number of allylic oxidation sites excluding steroid dienone is 6. The summed E-state index contributed by atoms with van der Waals surface area (Å²) in [5, 5.41) is 33.8. The predicted molar refractivity (Wildman–Crippen MR) is 287 cm³/mol. The molecule has 0 radical (unpaired) electrons. The van der Waals surface area contributed by atoms with E-state index in [9.17, 15) is 20.1 Å². The quantitative estimate of drug-likeness (QED) is 0.0361. The fourth-order valence-electron chi connectivity index (χ4n) is 9.20. The lowest BCUT2D eigenvalue weighted by molar-refractivity contribution is -0.124. The lowest BCUT2D eigenvalue weighted by Crippen LogP contribution is -2.50. The molecule has 65 heavy (non-hydrogen) atoms. The molecule has 0 bridgehead atoms. The largest absolute Gasteiger partial charge is 0.394 e. The molecule has 0 saturated carbocycles. The molecule has 4 N–H and O–H groups in total. The number of nitrogens with one attached hydrogen (secondary N) is 1. The molecule has 0 aliphatic heterocycles. The molecular formula is C60H115NO4. The van der Waals surface area contributed by atoms with E-state index < -0.39 is 18.2 Å². The van der Waals surface area contributed by atoms with E-state index in [1.54, 1.807) is 0 Å². The van der Waals surface area contributed by atoms with Crippen LogP contribution in [-0.2, 0) is 4.79 Å². The first-order chi connectivity index (χ1) is 32.1. The van der Waals surface area contributed by atoms with Gasteiger partial charge in [-0.15, -0.1) is 0 Å². The van der Waals surface area contributed by atoms with E-state index in [1.807, 2.05) is 0 Å². The average Bonchev–Trinajstić information content (AvgIpc) is 3.31. The van der Waals surface area contributed by atoms with E-state index in [1.165, 1.54) is 244 Å². The van der Waals surface area contributed by atoms with Crippen molar-refractivity contribution in [2.45, 2.75) is 334 Å². The van der Waals surface area contributed by atoms with Crippen LogP contribution in [0.15, 0.2) is 36.5 Å². The molecule has 3 unspecified atom stereocenters. The van der Waals surface area contributed by atoms with Crippen LogP contribution in [0.2, 0.25) is 0 Å². The Balaban J connectivity index is 3.54. The third-order valence-corrected chi connectivity index (χ3v) is 13.7. The van der Waals surface area contributed by atoms with Gasteiger partial charge in [-0.2, -0.15) is 0 Å². The molecule has 0 aromatic carbocycles. The summed E-state index contributed by atoms with van der Waals surface area (Å²) < 4.78 is 0. The van der Waals surface area contributed by atoms with Crippen LogP contribution in [0.3, 0.4) is 0 Å². The predicted octanol–water partition coefficient (Wildman–Crippen LogP) is 18.2. The molecule has 0 fully saturated rings. The maximum absolute atomic E-state index is 12.5. The Morgan fingerprint density at radius 1 is 0.385 bits per heavy atom. The lowest BCUT2D eigenvalue weighted by Gasteiger charge is -2.26. The summed E-state index contributed by atoms with van der Waals surface area (Å²) in [7, 11) is 0. The van der Waals surface area contributed by atoms with Crippen molar-refractivity contribution in [2.24, 2.45) is 0 Å². The fourth-order valence-corrected chi connectivity index (χ4v) is 9.20. The van der Waals surface area contributed by atoms with Gasteiger partial charge in [0.25, 0.3) is 0 Å². The van der Waals surface area contributed by atoms with Gasteiger partial charge in [0.15, 0.2) is 0 Å². The molecule has 0 aliphatic carbocycles. The second-order valence-electron chi connectivity index (χ2n) is 20.2. The molecule has 5 heteroatoms. The molecule has 0 aromatic heterocycles. The van der Waals surface area contributed by atoms with Crippen molar-refractivity contribution in [1.29, 1.82) is 0 Å². The Kier molecular flexibility index (Phi) is 54.0. The zero-order valence-electron chi connectivity index (χ0n) is 43.9. The van der Waals surface area contributed by atoms with Gasteiger partial charge in [-0.1, -0.05) is 275 Å². The van der Waals surface area contributed by atoms with Crippen molar-refractivity contribution in [2.75, 3.05) is 6.61 Å². The van der Waals surface area contributed by atoms with Crippen molar-refractivity contribution in [1.82, 2.24) is 5.32 Å². The molecular weight excluding hydrogens is 799 g/mol. The highest BCUT2D eigenvalue weighted by atomic mass is 16.3. The van der Waals surface area contributed by atoms with Crippen LogP contribution in [0.4, 0.5) is 0 Å². The van der Waals surface area contributed by atoms with Crippen LogP contribution in [0.25, 0.3) is 0 Å². The summed E-state index contributed by atoms with van der Waals surface area (Å²) in [5.74, 6) is -0.151. The van der Waals surface area contributed by atoms with Gasteiger partial charge in [-0.05, 0) is 70.6 Å². The number of carbonyl (C=O) groups excluding carboxylic acids is 1. The van der Waals surface area contributed by atoms with Crippen LogP contribution in [0.1, 0.15) is 316 Å². The van der Waals surface area contributed by atoms with Gasteiger partial charge < -0.3 is 20.6 Å². The van der Waals surface area contributed by atoms with Gasteiger partial charge >= 0.3 is 0 Å². The third kappa shape index (κ3) is 50.3. The van der Waals surface area contributed by atoms with Crippen LogP contribution in [0, 0.1) is 0 Å². The molecule has 0 aliphatic rings. The maximum Gasteiger partial charge on any atom is 0.220 e. The summed E-state index contributed by atoms with van der Waals surface area (Å²) >= 11 is 0. The van der Waals surface area contributed by atoms with E-state index in [-0.39, 0.29) is 12.5 Å². The van der Waals surface area contributed by atoms with E-state index in [0.717, 1.165) is 44.9 Å². The highest BCUT2D eigenvalue weighted by Crippen LogP contribution is 2.17. The Hall–Kier alpha value is -1.43. The zero-order valence-corrected chi connectivity index (χ0v) is 43.9. The van der Waals surface area contributed by atoms with Crippen molar-refractivity contribution < 1.29 is 20.1 Å². The van der Waals surface area contributed by atoms with Crippen molar-refractivity contribution in [3.63, 3.8) is 0 Å². The van der Waals surface area contributed by atoms with E-state index in [2.05, 4.69) is 55.6 Å². The Labute approximate surface area is 406 Å². The number of aliphatic hydroxyl groups excluding tert-OH is 3. The summed E-state index contributed by atoms with van der Waals surface area (Å²) in [4.78, 5) is 12.5. The van der Waals surface area contributed by atoms with E-state index in [0.29, 0.717) is 12.8 Å². The fraction of sp³-hybridized carbons (Fsp3) is 0.883. The van der Waals surface area contributed by atoms with E-state index in [4.69, 9.17) is 0 Å². The van der Waals surface area contributed by atoms with Crippen molar-refractivity contribution in [3.05, 3.63) is 36.5 Å². The number of hydrogen-bond acceptors (Lipinski definition) is 4. The minimum absolute atomic E-state index is 0.151. The van der Waals surface area contributed by atoms with Crippen LogP contribution >= 0.6 is 0 Å². The SMILES string of the molecule is CCCCCCCCCCC/C=C\C/C=C\CCCCCCCCCCCCCCCCCC(=O)NC(CO)C(O)C(O)CCC/C=C/CCCCCCCCCCCCCCCCC. The monoisotopic (exact) mass is 914 g/mol. The van der Waals surface area contributed by atoms with Crippen LogP contribution in [0.5, 0.6) is 0 Å². The number of rotatable bonds is 54. The molecule has 5 nitrogen and oxygen atoms in total. The summed E-state index contributed by atoms with van der Waals surface area (Å²) in [6.07, 6.45) is 71.7. The van der Waals surface area contributed by atoms with Crippen molar-refractivity contribution in [3.8, 4) is 0 Å². The standard InChI is InChI=1S/C60H115NO4/c1-3-5-7-9-11-13-15-17-19-21-23-25-26-27-28-29-30-31-32-33-34-35-37-39-41-43-45-47-49-51-53-55-59(64)61-57(56-62)60(65)58(63)54-52-50-48-46-44-42-40-38-36-24-22-20-18-16-14-12-10-8-6-4-2/h23,25,27-28,46,48,57-58,60,62-63,65H,3-22,24,26,29-45,47,49-56H2,1-2H3,(H,61,64)/b25-23-,28-27-,48-46+. The molecule has 0 spiro atoms. The normalized spacial score (nSPS) is 13.5.